The number of allylic oxidation sites excluding steroid dienone is 3. The van der Waals surface area contributed by atoms with Crippen molar-refractivity contribution >= 4 is 28.1 Å². The Kier molecular flexibility index (Phi) is 5.73. The lowest BCUT2D eigenvalue weighted by Crippen LogP contribution is -2.12. The van der Waals surface area contributed by atoms with Gasteiger partial charge in [0.15, 0.2) is 0 Å². The van der Waals surface area contributed by atoms with E-state index in [2.05, 4.69) is 128 Å². The van der Waals surface area contributed by atoms with E-state index in [1.807, 2.05) is 12.1 Å². The van der Waals surface area contributed by atoms with Gasteiger partial charge in [-0.25, -0.2) is 0 Å². The van der Waals surface area contributed by atoms with Crippen molar-refractivity contribution in [1.29, 1.82) is 0 Å². The number of hydrogen-bond acceptors (Lipinski definition) is 2. The third kappa shape index (κ3) is 4.04. The molecule has 5 rings (SSSR count). The molecule has 0 aromatic heterocycles. The molecule has 160 valence electrons. The number of hydrazone groups is 1. The van der Waals surface area contributed by atoms with Crippen LogP contribution in [-0.2, 0) is 0 Å². The van der Waals surface area contributed by atoms with Crippen molar-refractivity contribution in [3.8, 4) is 0 Å². The average Bonchev–Trinajstić information content (AvgIpc) is 2.99. The van der Waals surface area contributed by atoms with Gasteiger partial charge in [0.05, 0.1) is 11.4 Å². The summed E-state index contributed by atoms with van der Waals surface area (Å²) < 4.78 is 0. The molecule has 2 nitrogen and oxygen atoms in total. The van der Waals surface area contributed by atoms with Crippen LogP contribution in [0.4, 0.5) is 0 Å². The Morgan fingerprint density at radius 1 is 0.455 bits per heavy atom. The molecule has 33 heavy (non-hydrogen) atoms. The fourth-order valence-corrected chi connectivity index (χ4v) is 4.58. The summed E-state index contributed by atoms with van der Waals surface area (Å²) in [7, 11) is 2.05. The molecule has 1 aliphatic rings. The fourth-order valence-electron chi connectivity index (χ4n) is 4.58. The highest BCUT2D eigenvalue weighted by molar-refractivity contribution is 6.38. The standard InChI is InChI=1S/C31H26N2/c1-23-28(24-15-7-3-8-16-24)29(25-17-9-4-10-18-25)30(26-19-11-5-12-20-26)31(33(2)32-23)27-21-13-6-14-22-27/h3-22H,1-2H3. The first-order valence-corrected chi connectivity index (χ1v) is 11.2. The molecule has 0 fully saturated rings. The first kappa shape index (κ1) is 20.7. The second kappa shape index (κ2) is 9.13. The number of hydrogen-bond donors (Lipinski definition) is 0. The van der Waals surface area contributed by atoms with Gasteiger partial charge in [0, 0.05) is 29.3 Å². The summed E-state index contributed by atoms with van der Waals surface area (Å²) in [6.45, 7) is 2.11. The van der Waals surface area contributed by atoms with E-state index < -0.39 is 0 Å². The Morgan fingerprint density at radius 3 is 1.27 bits per heavy atom. The van der Waals surface area contributed by atoms with Crippen molar-refractivity contribution in [2.24, 2.45) is 5.10 Å². The molecule has 0 aliphatic carbocycles. The van der Waals surface area contributed by atoms with Gasteiger partial charge in [-0.15, -0.1) is 0 Å². The van der Waals surface area contributed by atoms with E-state index in [1.54, 1.807) is 0 Å². The van der Waals surface area contributed by atoms with E-state index in [-0.39, 0.29) is 0 Å². The normalized spacial score (nSPS) is 14.2. The zero-order valence-electron chi connectivity index (χ0n) is 18.9. The smallest absolute Gasteiger partial charge is 0.0747 e. The Bertz CT molecular complexity index is 1330. The van der Waals surface area contributed by atoms with E-state index >= 15 is 0 Å². The largest absolute Gasteiger partial charge is 0.267 e. The first-order chi connectivity index (χ1) is 16.2. The van der Waals surface area contributed by atoms with Gasteiger partial charge in [-0.05, 0) is 23.6 Å². The van der Waals surface area contributed by atoms with Crippen LogP contribution < -0.4 is 0 Å². The van der Waals surface area contributed by atoms with Crippen LogP contribution in [0.25, 0.3) is 22.4 Å². The third-order valence-electron chi connectivity index (χ3n) is 5.96. The summed E-state index contributed by atoms with van der Waals surface area (Å²) in [4.78, 5) is 0. The van der Waals surface area contributed by atoms with Gasteiger partial charge in [-0.2, -0.15) is 5.10 Å². The maximum absolute atomic E-state index is 5.08. The van der Waals surface area contributed by atoms with Crippen LogP contribution >= 0.6 is 0 Å². The van der Waals surface area contributed by atoms with Crippen LogP contribution in [0.2, 0.25) is 0 Å². The minimum atomic E-state index is 0.988. The Hall–Kier alpha value is -4.17. The minimum absolute atomic E-state index is 0.988. The van der Waals surface area contributed by atoms with E-state index in [0.29, 0.717) is 0 Å². The summed E-state index contributed by atoms with van der Waals surface area (Å²) in [5, 5.41) is 7.11. The molecule has 0 saturated heterocycles. The van der Waals surface area contributed by atoms with Gasteiger partial charge in [0.25, 0.3) is 0 Å². The monoisotopic (exact) mass is 426 g/mol. The van der Waals surface area contributed by atoms with Crippen molar-refractivity contribution in [3.63, 3.8) is 0 Å². The van der Waals surface area contributed by atoms with Gasteiger partial charge < -0.3 is 0 Å². The lowest BCUT2D eigenvalue weighted by Gasteiger charge is -2.23. The SMILES string of the molecule is CC1=NN(C)C(c2ccccc2)=C(c2ccccc2)C(c2ccccc2)=C1c1ccccc1. The minimum Gasteiger partial charge on any atom is -0.267 e. The van der Waals surface area contributed by atoms with Crippen LogP contribution in [0.1, 0.15) is 29.2 Å². The number of rotatable bonds is 4. The van der Waals surface area contributed by atoms with Gasteiger partial charge in [0.1, 0.15) is 0 Å². The summed E-state index contributed by atoms with van der Waals surface area (Å²) in [6.07, 6.45) is 0. The van der Waals surface area contributed by atoms with Gasteiger partial charge in [-0.3, -0.25) is 5.01 Å². The summed E-state index contributed by atoms with van der Waals surface area (Å²) >= 11 is 0. The Balaban J connectivity index is 1.97. The fraction of sp³-hybridized carbons (Fsp3) is 0.0645. The number of nitrogens with zero attached hydrogens (tertiary/aromatic N) is 2. The van der Waals surface area contributed by atoms with Crippen molar-refractivity contribution < 1.29 is 0 Å². The second-order valence-corrected chi connectivity index (χ2v) is 8.15. The van der Waals surface area contributed by atoms with Gasteiger partial charge in [0.2, 0.25) is 0 Å². The van der Waals surface area contributed by atoms with Crippen LogP contribution in [0.5, 0.6) is 0 Å². The summed E-state index contributed by atoms with van der Waals surface area (Å²) in [5.41, 5.74) is 10.2. The lowest BCUT2D eigenvalue weighted by atomic mass is 9.83. The van der Waals surface area contributed by atoms with E-state index in [0.717, 1.165) is 28.1 Å². The Labute approximate surface area is 195 Å². The quantitative estimate of drug-likeness (QED) is 0.330. The van der Waals surface area contributed by atoms with E-state index in [9.17, 15) is 0 Å². The van der Waals surface area contributed by atoms with Crippen LogP contribution in [0, 0.1) is 0 Å². The molecule has 0 atom stereocenters. The molecule has 4 aromatic carbocycles. The zero-order valence-corrected chi connectivity index (χ0v) is 18.9. The maximum atomic E-state index is 5.08. The summed E-state index contributed by atoms with van der Waals surface area (Å²) in [5.74, 6) is 0. The molecule has 0 saturated carbocycles. The predicted molar refractivity (Wildman–Crippen MR) is 140 cm³/mol. The molecule has 0 radical (unpaired) electrons. The van der Waals surface area contributed by atoms with Crippen LogP contribution in [0.3, 0.4) is 0 Å². The van der Waals surface area contributed by atoms with Gasteiger partial charge in [-0.1, -0.05) is 121 Å². The molecule has 0 N–H and O–H groups in total. The molecule has 1 aliphatic heterocycles. The highest BCUT2D eigenvalue weighted by atomic mass is 15.4. The van der Waals surface area contributed by atoms with Crippen molar-refractivity contribution in [1.82, 2.24) is 5.01 Å². The molecular weight excluding hydrogens is 400 g/mol. The topological polar surface area (TPSA) is 15.6 Å². The van der Waals surface area contributed by atoms with Crippen LogP contribution in [-0.4, -0.2) is 17.8 Å². The van der Waals surface area contributed by atoms with Gasteiger partial charge >= 0.3 is 0 Å². The third-order valence-corrected chi connectivity index (χ3v) is 5.96. The lowest BCUT2D eigenvalue weighted by molar-refractivity contribution is 0.519. The molecule has 0 unspecified atom stereocenters. The average molecular weight is 427 g/mol. The molecule has 0 bridgehead atoms. The first-order valence-electron chi connectivity index (χ1n) is 11.2. The zero-order chi connectivity index (χ0) is 22.6. The molecule has 0 amide bonds. The molecule has 2 heteroatoms. The van der Waals surface area contributed by atoms with Crippen molar-refractivity contribution in [3.05, 3.63) is 144 Å². The van der Waals surface area contributed by atoms with E-state index in [1.165, 1.54) is 22.3 Å². The van der Waals surface area contributed by atoms with Crippen molar-refractivity contribution in [2.75, 3.05) is 7.05 Å². The predicted octanol–water partition coefficient (Wildman–Crippen LogP) is 7.49. The molecule has 0 spiro atoms. The van der Waals surface area contributed by atoms with E-state index in [4.69, 9.17) is 5.10 Å². The maximum Gasteiger partial charge on any atom is 0.0747 e. The number of benzene rings is 4. The molecule has 4 aromatic rings. The molecule has 1 heterocycles. The Morgan fingerprint density at radius 2 is 0.818 bits per heavy atom. The van der Waals surface area contributed by atoms with Crippen molar-refractivity contribution in [2.45, 2.75) is 6.92 Å². The van der Waals surface area contributed by atoms with Crippen LogP contribution in [0.15, 0.2) is 126 Å². The molecular formula is C31H26N2. The highest BCUT2D eigenvalue weighted by Crippen LogP contribution is 2.45. The second-order valence-electron chi connectivity index (χ2n) is 8.15. The highest BCUT2D eigenvalue weighted by Gasteiger charge is 2.27. The summed E-state index contributed by atoms with van der Waals surface area (Å²) in [6, 6.07) is 42.5.